The number of furan rings is 1. The van der Waals surface area contributed by atoms with Crippen LogP contribution in [0.25, 0.3) is 16.5 Å². The van der Waals surface area contributed by atoms with Crippen molar-refractivity contribution < 1.29 is 13.9 Å². The van der Waals surface area contributed by atoms with Crippen LogP contribution in [0.3, 0.4) is 0 Å². The first-order valence-corrected chi connectivity index (χ1v) is 11.8. The van der Waals surface area contributed by atoms with Crippen LogP contribution in [0.1, 0.15) is 50.0 Å². The first-order valence-electron chi connectivity index (χ1n) is 11.4. The number of nitrogens with zero attached hydrogens (tertiary/aromatic N) is 2. The summed E-state index contributed by atoms with van der Waals surface area (Å²) in [5.41, 5.74) is 4.00. The Bertz CT molecular complexity index is 1670. The van der Waals surface area contributed by atoms with Crippen LogP contribution in [-0.4, -0.2) is 18.0 Å². The van der Waals surface area contributed by atoms with Gasteiger partial charge in [-0.15, -0.1) is 0 Å². The number of nitrogens with one attached hydrogen (secondary N) is 2. The smallest absolute Gasteiger partial charge is 0.197 e. The fraction of sp³-hybridized carbons (Fsp3) is 0.103. The van der Waals surface area contributed by atoms with Gasteiger partial charge in [0.2, 0.25) is 0 Å². The zero-order valence-electron chi connectivity index (χ0n) is 20.0. The van der Waals surface area contributed by atoms with E-state index in [1.807, 2.05) is 55.5 Å². The number of thiocarbonyl (C=S) groups is 1. The third kappa shape index (κ3) is 4.31. The molecule has 8 heteroatoms. The maximum Gasteiger partial charge on any atom is 0.197 e. The van der Waals surface area contributed by atoms with Crippen LogP contribution >= 0.6 is 12.2 Å². The second-order valence-electron chi connectivity index (χ2n) is 8.54. The molecule has 5 rings (SSSR count). The van der Waals surface area contributed by atoms with Gasteiger partial charge in [-0.25, -0.2) is 0 Å². The van der Waals surface area contributed by atoms with Gasteiger partial charge in [0.25, 0.3) is 0 Å². The Labute approximate surface area is 218 Å². The highest BCUT2D eigenvalue weighted by Gasteiger charge is 2.32. The predicted molar refractivity (Wildman–Crippen MR) is 143 cm³/mol. The molecule has 0 radical (unpaired) electrons. The molecule has 0 saturated heterocycles. The van der Waals surface area contributed by atoms with Crippen molar-refractivity contribution in [2.75, 3.05) is 7.11 Å². The predicted octanol–water partition coefficient (Wildman–Crippen LogP) is 5.28. The standard InChI is InChI=1S/C29H20N4O3S/c1-16-3-5-18(6-4-16)27(34)25-22-11-19(13-30)20(14-31)12-24(22)36-28(25)23-15-32-29(37)33-26(23)17-7-9-21(35-2)10-8-17/h3-12,15,26H,1-2H3,(H2,32,33,37)/t26-/m1/s1. The van der Waals surface area contributed by atoms with E-state index in [2.05, 4.69) is 10.6 Å². The summed E-state index contributed by atoms with van der Waals surface area (Å²) >= 11 is 5.38. The third-order valence-corrected chi connectivity index (χ3v) is 6.50. The van der Waals surface area contributed by atoms with E-state index in [1.54, 1.807) is 31.5 Å². The number of ketones is 1. The molecule has 37 heavy (non-hydrogen) atoms. The van der Waals surface area contributed by atoms with Gasteiger partial charge in [0.15, 0.2) is 10.9 Å². The van der Waals surface area contributed by atoms with Gasteiger partial charge in [0.05, 0.1) is 29.8 Å². The van der Waals surface area contributed by atoms with Crippen LogP contribution in [0.4, 0.5) is 0 Å². The molecule has 1 aliphatic heterocycles. The number of benzene rings is 3. The Balaban J connectivity index is 1.75. The number of aryl methyl sites for hydroxylation is 1. The van der Waals surface area contributed by atoms with Crippen molar-refractivity contribution in [3.63, 3.8) is 0 Å². The lowest BCUT2D eigenvalue weighted by Gasteiger charge is -2.27. The van der Waals surface area contributed by atoms with E-state index in [-0.39, 0.29) is 16.9 Å². The molecule has 3 aromatic carbocycles. The van der Waals surface area contributed by atoms with E-state index in [0.717, 1.165) is 11.1 Å². The maximum absolute atomic E-state index is 13.9. The Morgan fingerprint density at radius 2 is 1.70 bits per heavy atom. The minimum atomic E-state index is -0.435. The largest absolute Gasteiger partial charge is 0.497 e. The van der Waals surface area contributed by atoms with Gasteiger partial charge >= 0.3 is 0 Å². The van der Waals surface area contributed by atoms with Crippen LogP contribution in [0.5, 0.6) is 5.75 Å². The molecule has 0 fully saturated rings. The highest BCUT2D eigenvalue weighted by molar-refractivity contribution is 7.80. The number of hydrogen-bond acceptors (Lipinski definition) is 6. The minimum absolute atomic E-state index is 0.169. The molecule has 2 heterocycles. The Kier molecular flexibility index (Phi) is 6.19. The van der Waals surface area contributed by atoms with Crippen LogP contribution in [0.15, 0.2) is 71.3 Å². The number of hydrogen-bond donors (Lipinski definition) is 2. The van der Waals surface area contributed by atoms with E-state index in [0.29, 0.717) is 44.3 Å². The number of rotatable bonds is 5. The SMILES string of the molecule is COc1ccc([C@H]2NC(=S)NC=C2c2oc3cc(C#N)c(C#N)cc3c2C(=O)c2ccc(C)cc2)cc1. The van der Waals surface area contributed by atoms with Crippen molar-refractivity contribution in [2.45, 2.75) is 13.0 Å². The Morgan fingerprint density at radius 1 is 1.03 bits per heavy atom. The van der Waals surface area contributed by atoms with Gasteiger partial charge in [-0.1, -0.05) is 42.0 Å². The highest BCUT2D eigenvalue weighted by atomic mass is 32.1. The average molecular weight is 505 g/mol. The molecular formula is C29H20N4O3S. The number of ether oxygens (including phenoxy) is 1. The molecule has 4 aromatic rings. The number of fused-ring (bicyclic) bond motifs is 1. The number of methoxy groups -OCH3 is 1. The summed E-state index contributed by atoms with van der Waals surface area (Å²) in [6.45, 7) is 1.95. The van der Waals surface area contributed by atoms with Crippen LogP contribution in [0, 0.1) is 29.6 Å². The van der Waals surface area contributed by atoms with E-state index in [9.17, 15) is 15.3 Å². The monoisotopic (exact) mass is 504 g/mol. The van der Waals surface area contributed by atoms with Gasteiger partial charge in [0.1, 0.15) is 29.2 Å². The van der Waals surface area contributed by atoms with Gasteiger partial charge in [-0.2, -0.15) is 10.5 Å². The minimum Gasteiger partial charge on any atom is -0.497 e. The number of carbonyl (C=O) groups excluding carboxylic acids is 1. The second-order valence-corrected chi connectivity index (χ2v) is 8.95. The summed E-state index contributed by atoms with van der Waals surface area (Å²) in [4.78, 5) is 13.9. The molecular weight excluding hydrogens is 484 g/mol. The molecule has 0 bridgehead atoms. The van der Waals surface area contributed by atoms with Crippen molar-refractivity contribution >= 4 is 39.7 Å². The quantitative estimate of drug-likeness (QED) is 0.279. The zero-order valence-corrected chi connectivity index (χ0v) is 20.8. The van der Waals surface area contributed by atoms with Crippen molar-refractivity contribution in [3.8, 4) is 17.9 Å². The van der Waals surface area contributed by atoms with E-state index in [1.165, 1.54) is 6.07 Å². The topological polar surface area (TPSA) is 111 Å². The molecule has 0 unspecified atom stereocenters. The number of nitriles is 2. The Hall–Kier alpha value is -4.92. The number of carbonyl (C=O) groups is 1. The summed E-state index contributed by atoms with van der Waals surface area (Å²) in [6, 6.07) is 21.4. The van der Waals surface area contributed by atoms with Crippen LogP contribution in [-0.2, 0) is 0 Å². The van der Waals surface area contributed by atoms with Gasteiger partial charge in [0, 0.05) is 28.8 Å². The van der Waals surface area contributed by atoms with Crippen molar-refractivity contribution in [1.29, 1.82) is 10.5 Å². The van der Waals surface area contributed by atoms with E-state index in [4.69, 9.17) is 21.4 Å². The first-order chi connectivity index (χ1) is 17.9. The molecule has 2 N–H and O–H groups in total. The summed E-state index contributed by atoms with van der Waals surface area (Å²) in [7, 11) is 1.60. The lowest BCUT2D eigenvalue weighted by Crippen LogP contribution is -2.40. The molecule has 1 aliphatic rings. The van der Waals surface area contributed by atoms with Crippen molar-refractivity contribution in [3.05, 3.63) is 106 Å². The molecule has 0 saturated carbocycles. The van der Waals surface area contributed by atoms with Gasteiger partial charge in [-0.3, -0.25) is 4.79 Å². The van der Waals surface area contributed by atoms with Crippen LogP contribution in [0.2, 0.25) is 0 Å². The second kappa shape index (κ2) is 9.62. The third-order valence-electron chi connectivity index (χ3n) is 6.27. The zero-order chi connectivity index (χ0) is 26.1. The van der Waals surface area contributed by atoms with Gasteiger partial charge < -0.3 is 19.8 Å². The van der Waals surface area contributed by atoms with Crippen molar-refractivity contribution in [2.24, 2.45) is 0 Å². The molecule has 180 valence electrons. The highest BCUT2D eigenvalue weighted by Crippen LogP contribution is 2.40. The molecule has 0 spiro atoms. The van der Waals surface area contributed by atoms with E-state index < -0.39 is 6.04 Å². The van der Waals surface area contributed by atoms with Crippen molar-refractivity contribution in [1.82, 2.24) is 10.6 Å². The summed E-state index contributed by atoms with van der Waals surface area (Å²) in [5.74, 6) is 0.769. The molecule has 1 aromatic heterocycles. The average Bonchev–Trinajstić information content (AvgIpc) is 3.30. The Morgan fingerprint density at radius 3 is 2.35 bits per heavy atom. The summed E-state index contributed by atoms with van der Waals surface area (Å²) < 4.78 is 11.6. The maximum atomic E-state index is 13.9. The molecule has 0 aliphatic carbocycles. The normalized spacial score (nSPS) is 14.6. The van der Waals surface area contributed by atoms with Gasteiger partial charge in [-0.05, 0) is 42.9 Å². The van der Waals surface area contributed by atoms with E-state index >= 15 is 0 Å². The molecule has 0 amide bonds. The fourth-order valence-electron chi connectivity index (χ4n) is 4.34. The van der Waals surface area contributed by atoms with Crippen LogP contribution < -0.4 is 15.4 Å². The summed E-state index contributed by atoms with van der Waals surface area (Å²) in [5, 5.41) is 26.3. The lowest BCUT2D eigenvalue weighted by molar-refractivity contribution is 0.103. The summed E-state index contributed by atoms with van der Waals surface area (Å²) in [6.07, 6.45) is 1.72. The molecule has 7 nitrogen and oxygen atoms in total. The first kappa shape index (κ1) is 23.8. The molecule has 1 atom stereocenters. The lowest BCUT2D eigenvalue weighted by atomic mass is 9.90. The fourth-order valence-corrected chi connectivity index (χ4v) is 4.52.